The van der Waals surface area contributed by atoms with Gasteiger partial charge in [0.05, 0.1) is 23.8 Å². The molecule has 23 heavy (non-hydrogen) atoms. The minimum Gasteiger partial charge on any atom is -0.461 e. The second-order valence-corrected chi connectivity index (χ2v) is 5.19. The van der Waals surface area contributed by atoms with Crippen LogP contribution >= 0.6 is 0 Å². The van der Waals surface area contributed by atoms with Gasteiger partial charge < -0.3 is 8.98 Å². The van der Waals surface area contributed by atoms with Gasteiger partial charge in [0.15, 0.2) is 5.76 Å². The lowest BCUT2D eigenvalue weighted by atomic mass is 10.3. The van der Waals surface area contributed by atoms with Crippen LogP contribution in [0.4, 0.5) is 0 Å². The standard InChI is InChI=1S/C16H12N4O3/c1-10-15(22)17-16-19(9-13(21)14-7-4-8-23-14)11-5-2-3-6-12(11)20(16)18-10/h2-8H,9H2,1H3. The molecular formula is C16H12N4O3. The van der Waals surface area contributed by atoms with Gasteiger partial charge in [-0.3, -0.25) is 9.59 Å². The molecule has 0 radical (unpaired) electrons. The third kappa shape index (κ3) is 2.05. The predicted octanol–water partition coefficient (Wildman–Crippen LogP) is 1.83. The summed E-state index contributed by atoms with van der Waals surface area (Å²) in [4.78, 5) is 28.3. The van der Waals surface area contributed by atoms with Crippen LogP contribution in [0.15, 0.2) is 51.9 Å². The molecule has 3 heterocycles. The van der Waals surface area contributed by atoms with Crippen LogP contribution in [0.1, 0.15) is 16.2 Å². The van der Waals surface area contributed by atoms with Gasteiger partial charge in [-0.05, 0) is 31.2 Å². The number of aromatic nitrogens is 4. The number of para-hydroxylation sites is 2. The monoisotopic (exact) mass is 308 g/mol. The Morgan fingerprint density at radius 3 is 2.70 bits per heavy atom. The minimum atomic E-state index is -0.403. The highest BCUT2D eigenvalue weighted by Crippen LogP contribution is 2.19. The number of rotatable bonds is 3. The molecule has 4 aromatic rings. The van der Waals surface area contributed by atoms with Crippen molar-refractivity contribution in [3.8, 4) is 0 Å². The van der Waals surface area contributed by atoms with Crippen molar-refractivity contribution in [2.24, 2.45) is 0 Å². The first kappa shape index (κ1) is 13.4. The van der Waals surface area contributed by atoms with E-state index in [4.69, 9.17) is 4.42 Å². The molecule has 0 saturated carbocycles. The zero-order valence-electron chi connectivity index (χ0n) is 12.3. The van der Waals surface area contributed by atoms with E-state index in [9.17, 15) is 9.59 Å². The van der Waals surface area contributed by atoms with Gasteiger partial charge in [-0.2, -0.15) is 14.6 Å². The Balaban J connectivity index is 1.98. The summed E-state index contributed by atoms with van der Waals surface area (Å²) in [5.41, 5.74) is 1.46. The van der Waals surface area contributed by atoms with Gasteiger partial charge in [0, 0.05) is 0 Å². The molecule has 0 unspecified atom stereocenters. The van der Waals surface area contributed by atoms with E-state index in [1.807, 2.05) is 24.3 Å². The first-order valence-corrected chi connectivity index (χ1v) is 7.07. The molecule has 0 N–H and O–H groups in total. The lowest BCUT2D eigenvalue weighted by Gasteiger charge is -2.03. The largest absolute Gasteiger partial charge is 0.461 e. The normalized spacial score (nSPS) is 11.3. The van der Waals surface area contributed by atoms with Crippen LogP contribution in [-0.2, 0) is 6.54 Å². The molecule has 0 aliphatic carbocycles. The molecule has 0 amide bonds. The number of hydrogen-bond donors (Lipinski definition) is 0. The maximum absolute atomic E-state index is 12.4. The summed E-state index contributed by atoms with van der Waals surface area (Å²) >= 11 is 0. The third-order valence-electron chi connectivity index (χ3n) is 3.69. The summed E-state index contributed by atoms with van der Waals surface area (Å²) in [5.74, 6) is 0.401. The van der Waals surface area contributed by atoms with Crippen LogP contribution < -0.4 is 5.56 Å². The molecule has 114 valence electrons. The lowest BCUT2D eigenvalue weighted by molar-refractivity contribution is 0.0947. The van der Waals surface area contributed by atoms with Crippen molar-refractivity contribution in [1.29, 1.82) is 0 Å². The van der Waals surface area contributed by atoms with Crippen molar-refractivity contribution in [2.45, 2.75) is 13.5 Å². The Labute approximate surface area is 129 Å². The quantitative estimate of drug-likeness (QED) is 0.539. The number of fused-ring (bicyclic) bond motifs is 3. The van der Waals surface area contributed by atoms with Gasteiger partial charge in [-0.1, -0.05) is 12.1 Å². The number of ketones is 1. The van der Waals surface area contributed by atoms with Gasteiger partial charge in [0.2, 0.25) is 11.6 Å². The SMILES string of the molecule is Cc1nn2c3ccccc3n(CC(=O)c3ccco3)c2nc1=O. The molecular weight excluding hydrogens is 296 g/mol. The fourth-order valence-corrected chi connectivity index (χ4v) is 2.59. The summed E-state index contributed by atoms with van der Waals surface area (Å²) < 4.78 is 8.40. The summed E-state index contributed by atoms with van der Waals surface area (Å²) in [6.45, 7) is 1.63. The summed E-state index contributed by atoms with van der Waals surface area (Å²) in [6.07, 6.45) is 1.45. The molecule has 1 aromatic carbocycles. The summed E-state index contributed by atoms with van der Waals surface area (Å²) in [7, 11) is 0. The molecule has 4 rings (SSSR count). The molecule has 0 atom stereocenters. The number of furan rings is 1. The van der Waals surface area contributed by atoms with E-state index >= 15 is 0 Å². The van der Waals surface area contributed by atoms with Crippen molar-refractivity contribution < 1.29 is 9.21 Å². The van der Waals surface area contributed by atoms with E-state index in [-0.39, 0.29) is 18.1 Å². The molecule has 7 heteroatoms. The van der Waals surface area contributed by atoms with Crippen molar-refractivity contribution in [3.63, 3.8) is 0 Å². The number of imidazole rings is 1. The molecule has 0 saturated heterocycles. The van der Waals surface area contributed by atoms with E-state index in [0.29, 0.717) is 11.5 Å². The second-order valence-electron chi connectivity index (χ2n) is 5.19. The van der Waals surface area contributed by atoms with Crippen LogP contribution in [0.2, 0.25) is 0 Å². The van der Waals surface area contributed by atoms with Crippen LogP contribution in [0.25, 0.3) is 16.8 Å². The Bertz CT molecular complexity index is 1090. The van der Waals surface area contributed by atoms with Crippen LogP contribution in [-0.4, -0.2) is 24.9 Å². The zero-order valence-corrected chi connectivity index (χ0v) is 12.3. The van der Waals surface area contributed by atoms with Crippen molar-refractivity contribution >= 4 is 22.6 Å². The first-order valence-electron chi connectivity index (χ1n) is 7.07. The smallest absolute Gasteiger partial charge is 0.296 e. The maximum Gasteiger partial charge on any atom is 0.296 e. The van der Waals surface area contributed by atoms with Gasteiger partial charge >= 0.3 is 0 Å². The van der Waals surface area contributed by atoms with Gasteiger partial charge in [-0.15, -0.1) is 0 Å². The number of hydrogen-bond acceptors (Lipinski definition) is 5. The van der Waals surface area contributed by atoms with E-state index in [1.54, 1.807) is 28.1 Å². The molecule has 7 nitrogen and oxygen atoms in total. The number of Topliss-reactive ketones (excluding diaryl/α,β-unsaturated/α-hetero) is 1. The Hall–Kier alpha value is -3.22. The number of carbonyl (C=O) groups is 1. The van der Waals surface area contributed by atoms with Crippen molar-refractivity contribution in [1.82, 2.24) is 19.2 Å². The zero-order chi connectivity index (χ0) is 16.0. The average molecular weight is 308 g/mol. The molecule has 0 aliphatic rings. The number of aryl methyl sites for hydroxylation is 1. The van der Waals surface area contributed by atoms with Crippen molar-refractivity contribution in [2.75, 3.05) is 0 Å². The highest BCUT2D eigenvalue weighted by molar-refractivity contribution is 5.94. The average Bonchev–Trinajstić information content (AvgIpc) is 3.17. The summed E-state index contributed by atoms with van der Waals surface area (Å²) in [5, 5.41) is 4.28. The fourth-order valence-electron chi connectivity index (χ4n) is 2.59. The molecule has 0 aliphatic heterocycles. The first-order chi connectivity index (χ1) is 11.1. The van der Waals surface area contributed by atoms with E-state index in [2.05, 4.69) is 10.1 Å². The van der Waals surface area contributed by atoms with Gasteiger partial charge in [0.1, 0.15) is 5.69 Å². The van der Waals surface area contributed by atoms with Gasteiger partial charge in [-0.25, -0.2) is 0 Å². The predicted molar refractivity (Wildman–Crippen MR) is 82.5 cm³/mol. The van der Waals surface area contributed by atoms with E-state index in [1.165, 1.54) is 6.26 Å². The van der Waals surface area contributed by atoms with E-state index in [0.717, 1.165) is 11.0 Å². The second kappa shape index (κ2) is 4.91. The molecule has 0 fully saturated rings. The lowest BCUT2D eigenvalue weighted by Crippen LogP contribution is -2.18. The third-order valence-corrected chi connectivity index (χ3v) is 3.69. The number of nitrogens with zero attached hydrogens (tertiary/aromatic N) is 4. The van der Waals surface area contributed by atoms with Crippen LogP contribution in [0.5, 0.6) is 0 Å². The molecule has 0 spiro atoms. The Morgan fingerprint density at radius 2 is 1.96 bits per heavy atom. The number of carbonyl (C=O) groups excluding carboxylic acids is 1. The Kier molecular flexibility index (Phi) is 2.87. The Morgan fingerprint density at radius 1 is 1.17 bits per heavy atom. The van der Waals surface area contributed by atoms with Crippen LogP contribution in [0.3, 0.4) is 0 Å². The highest BCUT2D eigenvalue weighted by atomic mass is 16.3. The van der Waals surface area contributed by atoms with E-state index < -0.39 is 5.56 Å². The van der Waals surface area contributed by atoms with Crippen molar-refractivity contribution in [3.05, 3.63) is 64.5 Å². The number of benzene rings is 1. The summed E-state index contributed by atoms with van der Waals surface area (Å²) in [6, 6.07) is 10.7. The topological polar surface area (TPSA) is 82.4 Å². The minimum absolute atomic E-state index is 0.0156. The fraction of sp³-hybridized carbons (Fsp3) is 0.125. The molecule has 3 aromatic heterocycles. The maximum atomic E-state index is 12.4. The highest BCUT2D eigenvalue weighted by Gasteiger charge is 2.17. The van der Waals surface area contributed by atoms with Gasteiger partial charge in [0.25, 0.3) is 5.56 Å². The van der Waals surface area contributed by atoms with Crippen LogP contribution in [0, 0.1) is 6.92 Å². The molecule has 0 bridgehead atoms.